The summed E-state index contributed by atoms with van der Waals surface area (Å²) in [5.74, 6) is 0.432. The first-order chi connectivity index (χ1) is 9.90. The van der Waals surface area contributed by atoms with E-state index in [1.807, 2.05) is 12.1 Å². The molecule has 0 saturated heterocycles. The van der Waals surface area contributed by atoms with Gasteiger partial charge >= 0.3 is 0 Å². The highest BCUT2D eigenvalue weighted by atomic mass is 35.5. The van der Waals surface area contributed by atoms with Gasteiger partial charge in [-0.3, -0.25) is 0 Å². The molecule has 4 heteroatoms. The number of anilines is 2. The summed E-state index contributed by atoms with van der Waals surface area (Å²) in [6.45, 7) is 6.44. The van der Waals surface area contributed by atoms with Crippen LogP contribution >= 0.6 is 23.8 Å². The molecule has 2 aromatic carbocycles. The first-order valence-corrected chi connectivity index (χ1v) is 7.64. The molecule has 0 spiro atoms. The van der Waals surface area contributed by atoms with Gasteiger partial charge in [-0.1, -0.05) is 55.9 Å². The third kappa shape index (κ3) is 3.55. The molecule has 0 fully saturated rings. The zero-order valence-corrected chi connectivity index (χ0v) is 14.0. The van der Waals surface area contributed by atoms with E-state index in [1.54, 1.807) is 6.07 Å². The van der Waals surface area contributed by atoms with Crippen molar-refractivity contribution in [3.63, 3.8) is 0 Å². The highest BCUT2D eigenvalue weighted by Crippen LogP contribution is 2.33. The number of aryl methyl sites for hydroxylation is 1. The maximum atomic E-state index is 6.33. The van der Waals surface area contributed by atoms with Gasteiger partial charge in [0.15, 0.2) is 0 Å². The van der Waals surface area contributed by atoms with Crippen LogP contribution < -0.4 is 11.1 Å². The highest BCUT2D eigenvalue weighted by molar-refractivity contribution is 7.80. The third-order valence-corrected chi connectivity index (χ3v) is 3.99. The van der Waals surface area contributed by atoms with E-state index in [9.17, 15) is 0 Å². The number of nitrogens with one attached hydrogen (secondary N) is 1. The molecule has 110 valence electrons. The van der Waals surface area contributed by atoms with Crippen LogP contribution in [-0.2, 0) is 0 Å². The second kappa shape index (κ2) is 6.46. The van der Waals surface area contributed by atoms with E-state index in [1.165, 1.54) is 11.1 Å². The molecular formula is C17H19ClN2S. The van der Waals surface area contributed by atoms with Gasteiger partial charge in [-0.05, 0) is 42.2 Å². The molecule has 2 rings (SSSR count). The fourth-order valence-corrected chi connectivity index (χ4v) is 2.60. The molecule has 3 N–H and O–H groups in total. The largest absolute Gasteiger partial charge is 0.389 e. The van der Waals surface area contributed by atoms with Crippen LogP contribution in [0.1, 0.15) is 36.5 Å². The zero-order chi connectivity index (χ0) is 15.6. The number of hydrogen-bond acceptors (Lipinski definition) is 2. The fourth-order valence-electron chi connectivity index (χ4n) is 2.25. The minimum atomic E-state index is 0.349. The zero-order valence-electron chi connectivity index (χ0n) is 12.4. The maximum Gasteiger partial charge on any atom is 0.104 e. The van der Waals surface area contributed by atoms with E-state index in [0.717, 1.165) is 16.9 Å². The molecule has 21 heavy (non-hydrogen) atoms. The molecule has 0 aliphatic rings. The van der Waals surface area contributed by atoms with Gasteiger partial charge in [-0.25, -0.2) is 0 Å². The Morgan fingerprint density at radius 2 is 1.95 bits per heavy atom. The van der Waals surface area contributed by atoms with Crippen molar-refractivity contribution < 1.29 is 0 Å². The molecule has 0 heterocycles. The molecule has 0 bridgehead atoms. The smallest absolute Gasteiger partial charge is 0.104 e. The van der Waals surface area contributed by atoms with Gasteiger partial charge in [0, 0.05) is 11.3 Å². The number of thiocarbonyl (C=S) groups is 1. The van der Waals surface area contributed by atoms with Crippen LogP contribution in [0.25, 0.3) is 0 Å². The van der Waals surface area contributed by atoms with Crippen LogP contribution in [0.3, 0.4) is 0 Å². The molecule has 2 aromatic rings. The Kier molecular flexibility index (Phi) is 4.86. The average Bonchev–Trinajstić information content (AvgIpc) is 2.42. The van der Waals surface area contributed by atoms with Crippen molar-refractivity contribution in [2.75, 3.05) is 5.32 Å². The van der Waals surface area contributed by atoms with E-state index < -0.39 is 0 Å². The minimum Gasteiger partial charge on any atom is -0.389 e. The number of halogens is 1. The summed E-state index contributed by atoms with van der Waals surface area (Å²) in [6.07, 6.45) is 0. The Balaban J connectivity index is 2.41. The highest BCUT2D eigenvalue weighted by Gasteiger charge is 2.11. The summed E-state index contributed by atoms with van der Waals surface area (Å²) in [5.41, 5.74) is 10.8. The molecule has 0 unspecified atom stereocenters. The normalized spacial score (nSPS) is 10.7. The van der Waals surface area contributed by atoms with Crippen molar-refractivity contribution >= 4 is 40.2 Å². The molecular weight excluding hydrogens is 300 g/mol. The average molecular weight is 319 g/mol. The second-order valence-electron chi connectivity index (χ2n) is 5.38. The topological polar surface area (TPSA) is 38.0 Å². The van der Waals surface area contributed by atoms with Gasteiger partial charge in [0.25, 0.3) is 0 Å². The number of benzene rings is 2. The van der Waals surface area contributed by atoms with Crippen LogP contribution in [0.4, 0.5) is 11.4 Å². The number of para-hydroxylation sites is 1. The molecule has 0 saturated carbocycles. The lowest BCUT2D eigenvalue weighted by Crippen LogP contribution is -2.09. The fraction of sp³-hybridized carbons (Fsp3) is 0.235. The Morgan fingerprint density at radius 1 is 1.24 bits per heavy atom. The molecule has 0 aromatic heterocycles. The molecule has 0 atom stereocenters. The Hall–Kier alpha value is -1.58. The van der Waals surface area contributed by atoms with Gasteiger partial charge in [0.05, 0.1) is 10.7 Å². The third-order valence-electron chi connectivity index (χ3n) is 3.44. The second-order valence-corrected chi connectivity index (χ2v) is 6.22. The maximum absolute atomic E-state index is 6.33. The summed E-state index contributed by atoms with van der Waals surface area (Å²) >= 11 is 11.3. The van der Waals surface area contributed by atoms with Gasteiger partial charge in [0.2, 0.25) is 0 Å². The molecule has 0 amide bonds. The Bertz CT molecular complexity index is 680. The van der Waals surface area contributed by atoms with Crippen molar-refractivity contribution in [2.45, 2.75) is 26.7 Å². The molecule has 2 nitrogen and oxygen atoms in total. The van der Waals surface area contributed by atoms with E-state index in [2.05, 4.69) is 44.3 Å². The lowest BCUT2D eigenvalue weighted by molar-refractivity contribution is 0.867. The number of hydrogen-bond donors (Lipinski definition) is 2. The van der Waals surface area contributed by atoms with Crippen molar-refractivity contribution in [3.8, 4) is 0 Å². The van der Waals surface area contributed by atoms with Crippen LogP contribution in [-0.4, -0.2) is 4.99 Å². The summed E-state index contributed by atoms with van der Waals surface area (Å²) < 4.78 is 0. The Labute approximate surface area is 136 Å². The van der Waals surface area contributed by atoms with E-state index >= 15 is 0 Å². The lowest BCUT2D eigenvalue weighted by Gasteiger charge is -2.18. The van der Waals surface area contributed by atoms with E-state index in [4.69, 9.17) is 29.6 Å². The van der Waals surface area contributed by atoms with Gasteiger partial charge in [0.1, 0.15) is 4.99 Å². The first-order valence-electron chi connectivity index (χ1n) is 6.86. The SMILES string of the molecule is Cc1cccc(C(C)C)c1Nc1ccc(C(N)=S)cc1Cl. The molecule has 0 aliphatic heterocycles. The van der Waals surface area contributed by atoms with Gasteiger partial charge in [-0.15, -0.1) is 0 Å². The van der Waals surface area contributed by atoms with Crippen LogP contribution in [0.2, 0.25) is 5.02 Å². The predicted molar refractivity (Wildman–Crippen MR) is 95.9 cm³/mol. The number of rotatable bonds is 4. The minimum absolute atomic E-state index is 0.349. The quantitative estimate of drug-likeness (QED) is 0.766. The van der Waals surface area contributed by atoms with Crippen molar-refractivity contribution in [1.29, 1.82) is 0 Å². The van der Waals surface area contributed by atoms with Crippen molar-refractivity contribution in [3.05, 3.63) is 58.1 Å². The molecule has 0 aliphatic carbocycles. The summed E-state index contributed by atoms with van der Waals surface area (Å²) in [5, 5.41) is 4.05. The predicted octanol–water partition coefficient (Wildman–Crippen LogP) is 5.15. The van der Waals surface area contributed by atoms with Crippen molar-refractivity contribution in [1.82, 2.24) is 0 Å². The van der Waals surface area contributed by atoms with Crippen LogP contribution in [0.5, 0.6) is 0 Å². The van der Waals surface area contributed by atoms with Gasteiger partial charge in [-0.2, -0.15) is 0 Å². The van der Waals surface area contributed by atoms with Crippen LogP contribution in [0, 0.1) is 6.92 Å². The molecule has 0 radical (unpaired) electrons. The lowest BCUT2D eigenvalue weighted by atomic mass is 9.98. The Morgan fingerprint density at radius 3 is 2.52 bits per heavy atom. The van der Waals surface area contributed by atoms with Gasteiger partial charge < -0.3 is 11.1 Å². The standard InChI is InChI=1S/C17H19ClN2S/c1-10(2)13-6-4-5-11(3)16(13)20-15-8-7-12(17(19)21)9-14(15)18/h4-10,20H,1-3H3,(H2,19,21). The van der Waals surface area contributed by atoms with E-state index in [0.29, 0.717) is 15.9 Å². The van der Waals surface area contributed by atoms with E-state index in [-0.39, 0.29) is 0 Å². The number of nitrogens with two attached hydrogens (primary N) is 1. The summed E-state index contributed by atoms with van der Waals surface area (Å²) in [4.78, 5) is 0.349. The summed E-state index contributed by atoms with van der Waals surface area (Å²) in [6, 6.07) is 11.9. The monoisotopic (exact) mass is 318 g/mol. The summed E-state index contributed by atoms with van der Waals surface area (Å²) in [7, 11) is 0. The van der Waals surface area contributed by atoms with Crippen LogP contribution in [0.15, 0.2) is 36.4 Å². The van der Waals surface area contributed by atoms with Crippen molar-refractivity contribution in [2.24, 2.45) is 5.73 Å². The first kappa shape index (κ1) is 15.8.